The predicted molar refractivity (Wildman–Crippen MR) is 115 cm³/mol. The summed E-state index contributed by atoms with van der Waals surface area (Å²) in [5, 5.41) is 10.0. The number of H-pyrrole nitrogens is 1. The first-order chi connectivity index (χ1) is 15.1. The molecule has 1 saturated heterocycles. The van der Waals surface area contributed by atoms with E-state index in [1.165, 1.54) is 0 Å². The van der Waals surface area contributed by atoms with Gasteiger partial charge in [-0.25, -0.2) is 0 Å². The molecule has 1 atom stereocenters. The number of carbonyl (C=O) groups excluding carboxylic acids is 2. The van der Waals surface area contributed by atoms with E-state index < -0.39 is 0 Å². The Bertz CT molecular complexity index is 1030. The smallest absolute Gasteiger partial charge is 0.271 e. The number of pyridine rings is 1. The molecule has 2 amide bonds. The van der Waals surface area contributed by atoms with Gasteiger partial charge in [0, 0.05) is 37.6 Å². The van der Waals surface area contributed by atoms with Crippen molar-refractivity contribution in [2.75, 3.05) is 20.2 Å². The molecule has 2 N–H and O–H groups in total. The van der Waals surface area contributed by atoms with Gasteiger partial charge in [-0.05, 0) is 48.7 Å². The lowest BCUT2D eigenvalue weighted by molar-refractivity contribution is -0.126. The van der Waals surface area contributed by atoms with Crippen molar-refractivity contribution in [3.8, 4) is 17.0 Å². The third-order valence-corrected chi connectivity index (χ3v) is 5.47. The maximum atomic E-state index is 12.9. The van der Waals surface area contributed by atoms with Crippen LogP contribution in [0, 0.1) is 5.92 Å². The molecule has 1 fully saturated rings. The minimum atomic E-state index is -0.225. The normalized spacial score (nSPS) is 16.0. The fraction of sp³-hybridized carbons (Fsp3) is 0.304. The number of likely N-dealkylation sites (tertiary alicyclic amines) is 1. The number of methoxy groups -OCH3 is 1. The third-order valence-electron chi connectivity index (χ3n) is 5.47. The quantitative estimate of drug-likeness (QED) is 0.640. The zero-order chi connectivity index (χ0) is 21.6. The number of ether oxygens (including phenoxy) is 1. The first-order valence-corrected chi connectivity index (χ1v) is 10.3. The van der Waals surface area contributed by atoms with Gasteiger partial charge >= 0.3 is 0 Å². The molecule has 0 bridgehead atoms. The summed E-state index contributed by atoms with van der Waals surface area (Å²) in [5.41, 5.74) is 2.92. The molecule has 8 heteroatoms. The number of carbonyl (C=O) groups is 2. The van der Waals surface area contributed by atoms with Gasteiger partial charge in [0.2, 0.25) is 5.91 Å². The molecular weight excluding hydrogens is 394 g/mol. The van der Waals surface area contributed by atoms with E-state index in [2.05, 4.69) is 20.5 Å². The van der Waals surface area contributed by atoms with Crippen molar-refractivity contribution in [1.82, 2.24) is 25.4 Å². The van der Waals surface area contributed by atoms with E-state index in [0.717, 1.165) is 29.7 Å². The second kappa shape index (κ2) is 9.42. The van der Waals surface area contributed by atoms with Gasteiger partial charge in [-0.15, -0.1) is 0 Å². The van der Waals surface area contributed by atoms with E-state index in [-0.39, 0.29) is 17.7 Å². The summed E-state index contributed by atoms with van der Waals surface area (Å²) in [6.45, 7) is 1.47. The van der Waals surface area contributed by atoms with Crippen LogP contribution in [0.1, 0.15) is 28.9 Å². The number of hydrogen-bond acceptors (Lipinski definition) is 5. The van der Waals surface area contributed by atoms with Crippen molar-refractivity contribution < 1.29 is 14.3 Å². The van der Waals surface area contributed by atoms with Crippen LogP contribution >= 0.6 is 0 Å². The van der Waals surface area contributed by atoms with Gasteiger partial charge in [0.15, 0.2) is 0 Å². The highest BCUT2D eigenvalue weighted by Gasteiger charge is 2.29. The van der Waals surface area contributed by atoms with Crippen molar-refractivity contribution >= 4 is 11.8 Å². The van der Waals surface area contributed by atoms with Gasteiger partial charge in [0.05, 0.1) is 18.7 Å². The summed E-state index contributed by atoms with van der Waals surface area (Å²) in [6, 6.07) is 13.0. The second-order valence-corrected chi connectivity index (χ2v) is 7.56. The Morgan fingerprint density at radius 2 is 2.10 bits per heavy atom. The summed E-state index contributed by atoms with van der Waals surface area (Å²) in [6.07, 6.45) is 4.95. The van der Waals surface area contributed by atoms with Crippen LogP contribution in [0.2, 0.25) is 0 Å². The molecule has 160 valence electrons. The van der Waals surface area contributed by atoms with E-state index >= 15 is 0 Å². The second-order valence-electron chi connectivity index (χ2n) is 7.56. The molecule has 3 aromatic rings. The first-order valence-electron chi connectivity index (χ1n) is 10.3. The molecular formula is C23H25N5O3. The standard InChI is InChI=1S/C23H25N5O3/c1-31-19-8-6-16(7-9-19)13-25-22(29)18-5-3-11-28(15-18)23(30)21-12-20(26-27-21)17-4-2-10-24-14-17/h2,4,6-10,12,14,18H,3,5,11,13,15H2,1H3,(H,25,29)(H,26,27)/t18-/m0/s1. The molecule has 0 saturated carbocycles. The Balaban J connectivity index is 1.34. The first kappa shape index (κ1) is 20.6. The lowest BCUT2D eigenvalue weighted by atomic mass is 9.96. The third kappa shape index (κ3) is 4.91. The highest BCUT2D eigenvalue weighted by Crippen LogP contribution is 2.21. The van der Waals surface area contributed by atoms with Crippen LogP contribution < -0.4 is 10.1 Å². The Labute approximate surface area is 180 Å². The Morgan fingerprint density at radius 3 is 2.84 bits per heavy atom. The molecule has 4 rings (SSSR count). The van der Waals surface area contributed by atoms with Crippen LogP contribution in [0.25, 0.3) is 11.3 Å². The van der Waals surface area contributed by atoms with Gasteiger partial charge in [0.25, 0.3) is 5.91 Å². The molecule has 1 aliphatic heterocycles. The van der Waals surface area contributed by atoms with E-state index in [1.54, 1.807) is 30.5 Å². The van der Waals surface area contributed by atoms with E-state index in [9.17, 15) is 9.59 Å². The fourth-order valence-corrected chi connectivity index (χ4v) is 3.72. The number of rotatable bonds is 6. The molecule has 0 spiro atoms. The van der Waals surface area contributed by atoms with Crippen LogP contribution in [0.3, 0.4) is 0 Å². The zero-order valence-corrected chi connectivity index (χ0v) is 17.4. The average molecular weight is 419 g/mol. The minimum absolute atomic E-state index is 0.0334. The van der Waals surface area contributed by atoms with Crippen molar-refractivity contribution in [3.63, 3.8) is 0 Å². The van der Waals surface area contributed by atoms with Crippen LogP contribution in [0.5, 0.6) is 5.75 Å². The lowest BCUT2D eigenvalue weighted by Crippen LogP contribution is -2.45. The van der Waals surface area contributed by atoms with Crippen molar-refractivity contribution in [2.45, 2.75) is 19.4 Å². The topological polar surface area (TPSA) is 100 Å². The van der Waals surface area contributed by atoms with Crippen molar-refractivity contribution in [2.24, 2.45) is 5.92 Å². The average Bonchev–Trinajstić information content (AvgIpc) is 3.33. The number of aromatic nitrogens is 3. The number of hydrogen-bond donors (Lipinski definition) is 2. The summed E-state index contributed by atoms with van der Waals surface area (Å²) < 4.78 is 5.15. The van der Waals surface area contributed by atoms with Crippen molar-refractivity contribution in [3.05, 3.63) is 66.1 Å². The van der Waals surface area contributed by atoms with E-state index in [0.29, 0.717) is 31.0 Å². The molecule has 3 heterocycles. The highest BCUT2D eigenvalue weighted by atomic mass is 16.5. The summed E-state index contributed by atoms with van der Waals surface area (Å²) in [5.74, 6) is 0.378. The van der Waals surface area contributed by atoms with Crippen molar-refractivity contribution in [1.29, 1.82) is 0 Å². The number of aromatic amines is 1. The van der Waals surface area contributed by atoms with Gasteiger partial charge in [-0.1, -0.05) is 12.1 Å². The molecule has 1 aliphatic rings. The zero-order valence-electron chi connectivity index (χ0n) is 17.4. The highest BCUT2D eigenvalue weighted by molar-refractivity contribution is 5.94. The van der Waals surface area contributed by atoms with Crippen LogP contribution in [-0.2, 0) is 11.3 Å². The Hall–Kier alpha value is -3.68. The van der Waals surface area contributed by atoms with E-state index in [4.69, 9.17) is 4.74 Å². The molecule has 8 nitrogen and oxygen atoms in total. The minimum Gasteiger partial charge on any atom is -0.497 e. The summed E-state index contributed by atoms with van der Waals surface area (Å²) >= 11 is 0. The Morgan fingerprint density at radius 1 is 1.26 bits per heavy atom. The predicted octanol–water partition coefficient (Wildman–Crippen LogP) is 2.65. The summed E-state index contributed by atoms with van der Waals surface area (Å²) in [7, 11) is 1.62. The van der Waals surface area contributed by atoms with Crippen LogP contribution in [0.15, 0.2) is 54.9 Å². The van der Waals surface area contributed by atoms with Crippen LogP contribution in [0.4, 0.5) is 0 Å². The Kier molecular flexibility index (Phi) is 6.26. The molecule has 1 aromatic carbocycles. The SMILES string of the molecule is COc1ccc(CNC(=O)[C@H]2CCCN(C(=O)c3cc(-c4cccnc4)n[nH]3)C2)cc1. The molecule has 0 unspecified atom stereocenters. The van der Waals surface area contributed by atoms with Gasteiger partial charge < -0.3 is 15.0 Å². The number of piperidine rings is 1. The number of benzene rings is 1. The molecule has 2 aromatic heterocycles. The van der Waals surface area contributed by atoms with Gasteiger partial charge in [-0.2, -0.15) is 5.10 Å². The van der Waals surface area contributed by atoms with Gasteiger partial charge in [0.1, 0.15) is 11.4 Å². The fourth-order valence-electron chi connectivity index (χ4n) is 3.72. The summed E-state index contributed by atoms with van der Waals surface area (Å²) in [4.78, 5) is 31.4. The maximum absolute atomic E-state index is 12.9. The maximum Gasteiger partial charge on any atom is 0.271 e. The largest absolute Gasteiger partial charge is 0.497 e. The molecule has 0 radical (unpaired) electrons. The van der Waals surface area contributed by atoms with E-state index in [1.807, 2.05) is 36.4 Å². The monoisotopic (exact) mass is 419 g/mol. The molecule has 31 heavy (non-hydrogen) atoms. The number of nitrogens with one attached hydrogen (secondary N) is 2. The number of amides is 2. The molecule has 0 aliphatic carbocycles. The van der Waals surface area contributed by atoms with Gasteiger partial charge in [-0.3, -0.25) is 19.7 Å². The lowest BCUT2D eigenvalue weighted by Gasteiger charge is -2.31. The number of nitrogens with zero attached hydrogens (tertiary/aromatic N) is 3. The van der Waals surface area contributed by atoms with Crippen LogP contribution in [-0.4, -0.2) is 52.1 Å².